The molecule has 1 aromatic heterocycles. The van der Waals surface area contributed by atoms with Gasteiger partial charge in [0.1, 0.15) is 0 Å². The molecule has 136 valence electrons. The maximum Gasteiger partial charge on any atom is 0.316 e. The second-order valence-electron chi connectivity index (χ2n) is 5.91. The van der Waals surface area contributed by atoms with Gasteiger partial charge in [-0.25, -0.2) is 0 Å². The first-order valence-corrected chi connectivity index (χ1v) is 9.51. The average molecular weight is 362 g/mol. The first-order chi connectivity index (χ1) is 12.0. The Labute approximate surface area is 153 Å². The van der Waals surface area contributed by atoms with Crippen LogP contribution >= 0.6 is 11.8 Å². The molecule has 6 nitrogen and oxygen atoms in total. The zero-order valence-electron chi connectivity index (χ0n) is 15.5. The summed E-state index contributed by atoms with van der Waals surface area (Å²) in [6, 6.07) is 8.31. The van der Waals surface area contributed by atoms with Crippen LogP contribution < -0.4 is 4.90 Å². The minimum absolute atomic E-state index is 0.104. The highest BCUT2D eigenvalue weighted by Gasteiger charge is 2.14. The third-order valence-electron chi connectivity index (χ3n) is 3.78. The van der Waals surface area contributed by atoms with Crippen molar-refractivity contribution in [3.63, 3.8) is 0 Å². The van der Waals surface area contributed by atoms with E-state index in [9.17, 15) is 4.79 Å². The Morgan fingerprint density at radius 1 is 1.20 bits per heavy atom. The lowest BCUT2D eigenvalue weighted by molar-refractivity contribution is -0.144. The van der Waals surface area contributed by atoms with Gasteiger partial charge in [0.2, 0.25) is 0 Å². The van der Waals surface area contributed by atoms with Gasteiger partial charge in [0, 0.05) is 31.4 Å². The van der Waals surface area contributed by atoms with E-state index in [4.69, 9.17) is 4.74 Å². The lowest BCUT2D eigenvalue weighted by Gasteiger charge is -2.21. The second kappa shape index (κ2) is 8.89. The Kier molecular flexibility index (Phi) is 6.87. The molecule has 0 N–H and O–H groups in total. The van der Waals surface area contributed by atoms with Crippen LogP contribution in [0.2, 0.25) is 0 Å². The predicted octanol–water partition coefficient (Wildman–Crippen LogP) is 3.37. The summed E-state index contributed by atoms with van der Waals surface area (Å²) >= 11 is 1.33. The molecule has 0 aliphatic heterocycles. The topological polar surface area (TPSA) is 60.3 Å². The Morgan fingerprint density at radius 2 is 1.84 bits per heavy atom. The largest absolute Gasteiger partial charge is 0.462 e. The fourth-order valence-electron chi connectivity index (χ4n) is 2.52. The number of benzene rings is 1. The first kappa shape index (κ1) is 19.3. The molecule has 2 aromatic rings. The van der Waals surface area contributed by atoms with Crippen molar-refractivity contribution in [2.24, 2.45) is 7.05 Å². The van der Waals surface area contributed by atoms with E-state index in [1.165, 1.54) is 17.4 Å². The van der Waals surface area contributed by atoms with Crippen molar-refractivity contribution in [2.75, 3.05) is 23.7 Å². The van der Waals surface area contributed by atoms with Crippen LogP contribution in [0.25, 0.3) is 11.4 Å². The van der Waals surface area contributed by atoms with Gasteiger partial charge in [-0.2, -0.15) is 0 Å². The number of rotatable bonds is 8. The summed E-state index contributed by atoms with van der Waals surface area (Å²) in [4.78, 5) is 14.0. The number of carbonyl (C=O) groups excluding carboxylic acids is 1. The molecule has 0 saturated carbocycles. The van der Waals surface area contributed by atoms with E-state index in [0.29, 0.717) is 5.16 Å². The minimum atomic E-state index is -0.242. The van der Waals surface area contributed by atoms with Crippen LogP contribution in [0.15, 0.2) is 29.4 Å². The number of hydrogen-bond acceptors (Lipinski definition) is 6. The van der Waals surface area contributed by atoms with E-state index in [1.807, 2.05) is 25.5 Å². The van der Waals surface area contributed by atoms with Crippen LogP contribution in [0.4, 0.5) is 5.69 Å². The maximum atomic E-state index is 11.7. The maximum absolute atomic E-state index is 11.7. The first-order valence-electron chi connectivity index (χ1n) is 8.53. The molecular weight excluding hydrogens is 336 g/mol. The van der Waals surface area contributed by atoms with E-state index in [1.54, 1.807) is 0 Å². The number of thioether (sulfide) groups is 1. The third kappa shape index (κ3) is 4.98. The predicted molar refractivity (Wildman–Crippen MR) is 102 cm³/mol. The smallest absolute Gasteiger partial charge is 0.316 e. The number of ether oxygens (including phenoxy) is 1. The number of aromatic nitrogens is 3. The molecule has 25 heavy (non-hydrogen) atoms. The van der Waals surface area contributed by atoms with Crippen molar-refractivity contribution >= 4 is 23.4 Å². The summed E-state index contributed by atoms with van der Waals surface area (Å²) in [6.45, 7) is 9.93. The van der Waals surface area contributed by atoms with Gasteiger partial charge >= 0.3 is 5.97 Å². The van der Waals surface area contributed by atoms with Crippen molar-refractivity contribution in [1.82, 2.24) is 14.8 Å². The number of hydrogen-bond donors (Lipinski definition) is 0. The highest BCUT2D eigenvalue weighted by Crippen LogP contribution is 2.25. The van der Waals surface area contributed by atoms with Gasteiger partial charge in [-0.05, 0) is 52.0 Å². The molecule has 0 unspecified atom stereocenters. The molecule has 0 bridgehead atoms. The van der Waals surface area contributed by atoms with Crippen molar-refractivity contribution in [3.8, 4) is 11.4 Å². The Balaban J connectivity index is 2.08. The number of carbonyl (C=O) groups is 1. The molecule has 2 rings (SSSR count). The third-order valence-corrected chi connectivity index (χ3v) is 4.77. The number of esters is 1. The second-order valence-corrected chi connectivity index (χ2v) is 6.85. The summed E-state index contributed by atoms with van der Waals surface area (Å²) < 4.78 is 7.04. The Morgan fingerprint density at radius 3 is 2.40 bits per heavy atom. The fourth-order valence-corrected chi connectivity index (χ4v) is 3.22. The Bertz CT molecular complexity index is 694. The van der Waals surface area contributed by atoms with Crippen LogP contribution in [0.5, 0.6) is 0 Å². The van der Waals surface area contributed by atoms with Gasteiger partial charge in [0.05, 0.1) is 11.9 Å². The van der Waals surface area contributed by atoms with E-state index in [0.717, 1.165) is 24.5 Å². The van der Waals surface area contributed by atoms with Crippen LogP contribution in [0.3, 0.4) is 0 Å². The van der Waals surface area contributed by atoms with Gasteiger partial charge in [-0.1, -0.05) is 11.8 Å². The normalized spacial score (nSPS) is 11.0. The molecule has 1 aromatic carbocycles. The lowest BCUT2D eigenvalue weighted by Crippen LogP contribution is -2.21. The quantitative estimate of drug-likeness (QED) is 0.530. The summed E-state index contributed by atoms with van der Waals surface area (Å²) in [7, 11) is 1.91. The zero-order chi connectivity index (χ0) is 18.4. The van der Waals surface area contributed by atoms with Gasteiger partial charge in [0.25, 0.3) is 0 Å². The van der Waals surface area contributed by atoms with Gasteiger partial charge < -0.3 is 14.2 Å². The molecular formula is C18H26N4O2S. The van der Waals surface area contributed by atoms with E-state index in [-0.39, 0.29) is 17.8 Å². The molecule has 0 fully saturated rings. The van der Waals surface area contributed by atoms with Crippen molar-refractivity contribution in [3.05, 3.63) is 24.3 Å². The zero-order valence-corrected chi connectivity index (χ0v) is 16.3. The van der Waals surface area contributed by atoms with Gasteiger partial charge in [-0.3, -0.25) is 4.79 Å². The summed E-state index contributed by atoms with van der Waals surface area (Å²) in [5.41, 5.74) is 2.20. The van der Waals surface area contributed by atoms with Crippen LogP contribution in [-0.4, -0.2) is 45.7 Å². The summed E-state index contributed by atoms with van der Waals surface area (Å²) in [6.07, 6.45) is -0.104. The monoisotopic (exact) mass is 362 g/mol. The summed E-state index contributed by atoms with van der Waals surface area (Å²) in [5.74, 6) is 0.768. The average Bonchev–Trinajstić information content (AvgIpc) is 2.95. The summed E-state index contributed by atoms with van der Waals surface area (Å²) in [5, 5.41) is 9.15. The van der Waals surface area contributed by atoms with E-state index < -0.39 is 0 Å². The number of nitrogens with zero attached hydrogens (tertiary/aromatic N) is 4. The van der Waals surface area contributed by atoms with Gasteiger partial charge in [-0.15, -0.1) is 10.2 Å². The molecule has 0 radical (unpaired) electrons. The van der Waals surface area contributed by atoms with Crippen molar-refractivity contribution in [1.29, 1.82) is 0 Å². The molecule has 0 aliphatic carbocycles. The van der Waals surface area contributed by atoms with Crippen molar-refractivity contribution in [2.45, 2.75) is 39.0 Å². The SMILES string of the molecule is CCN(CC)c1ccc(-c2nnc(SCC(=O)OC(C)C)n2C)cc1. The molecule has 0 spiro atoms. The van der Waals surface area contributed by atoms with Crippen molar-refractivity contribution < 1.29 is 9.53 Å². The standard InChI is InChI=1S/C18H26N4O2S/c1-6-22(7-2)15-10-8-14(9-11-15)17-19-20-18(21(17)5)25-12-16(23)24-13(3)4/h8-11,13H,6-7,12H2,1-5H3. The van der Waals surface area contributed by atoms with Gasteiger partial charge in [0.15, 0.2) is 11.0 Å². The molecule has 7 heteroatoms. The van der Waals surface area contributed by atoms with Crippen LogP contribution in [0.1, 0.15) is 27.7 Å². The minimum Gasteiger partial charge on any atom is -0.462 e. The van der Waals surface area contributed by atoms with Crippen LogP contribution in [0, 0.1) is 0 Å². The molecule has 0 atom stereocenters. The number of anilines is 1. The highest BCUT2D eigenvalue weighted by atomic mass is 32.2. The molecule has 0 aliphatic rings. The Hall–Kier alpha value is -2.02. The molecule has 1 heterocycles. The fraction of sp³-hybridized carbons (Fsp3) is 0.500. The lowest BCUT2D eigenvalue weighted by atomic mass is 10.2. The van der Waals surface area contributed by atoms with E-state index in [2.05, 4.69) is 53.2 Å². The van der Waals surface area contributed by atoms with Crippen LogP contribution in [-0.2, 0) is 16.6 Å². The highest BCUT2D eigenvalue weighted by molar-refractivity contribution is 7.99. The molecule has 0 saturated heterocycles. The molecule has 0 amide bonds. The van der Waals surface area contributed by atoms with E-state index >= 15 is 0 Å².